The molecule has 0 heterocycles. The molecule has 0 spiro atoms. The molecule has 0 bridgehead atoms. The zero-order valence-corrected chi connectivity index (χ0v) is 20.3. The Hall–Kier alpha value is 1.25. The van der Waals surface area contributed by atoms with Crippen LogP contribution in [0.5, 0.6) is 0 Å². The van der Waals surface area contributed by atoms with E-state index in [9.17, 15) is 0 Å². The molecular formula is C21H42PSb. The number of rotatable bonds is 4. The minimum atomic E-state index is -1.31. The molecule has 0 aromatic rings. The van der Waals surface area contributed by atoms with Crippen LogP contribution in [-0.2, 0) is 0 Å². The molecule has 0 aromatic carbocycles. The summed E-state index contributed by atoms with van der Waals surface area (Å²) in [6, 6.07) is 0. The van der Waals surface area contributed by atoms with Gasteiger partial charge in [-0.15, -0.1) is 0 Å². The molecule has 2 aliphatic carbocycles. The van der Waals surface area contributed by atoms with Gasteiger partial charge in [-0.3, -0.25) is 0 Å². The third-order valence-corrected chi connectivity index (χ3v) is 24.0. The monoisotopic (exact) mass is 446 g/mol. The summed E-state index contributed by atoms with van der Waals surface area (Å²) in [4.78, 5) is 0. The molecule has 0 saturated heterocycles. The molecule has 0 atom stereocenters. The molecule has 0 N–H and O–H groups in total. The van der Waals surface area contributed by atoms with Crippen LogP contribution in [0.2, 0.25) is 6.72 Å². The van der Waals surface area contributed by atoms with E-state index in [1.54, 1.807) is 55.5 Å². The van der Waals surface area contributed by atoms with Crippen molar-refractivity contribution in [3.8, 4) is 0 Å². The maximum atomic E-state index is 2.58. The average Bonchev–Trinajstić information content (AvgIpc) is 2.47. The first-order chi connectivity index (χ1) is 10.7. The average molecular weight is 447 g/mol. The van der Waals surface area contributed by atoms with E-state index in [0.717, 1.165) is 11.3 Å². The van der Waals surface area contributed by atoms with Gasteiger partial charge in [-0.05, 0) is 0 Å². The van der Waals surface area contributed by atoms with Gasteiger partial charge in [0.05, 0.1) is 0 Å². The number of hydrogen-bond acceptors (Lipinski definition) is 0. The van der Waals surface area contributed by atoms with Crippen LogP contribution >= 0.6 is 7.92 Å². The van der Waals surface area contributed by atoms with Crippen molar-refractivity contribution < 1.29 is 0 Å². The fourth-order valence-electron chi connectivity index (χ4n) is 4.95. The molecule has 0 radical (unpaired) electrons. The van der Waals surface area contributed by atoms with E-state index in [0.29, 0.717) is 14.6 Å². The molecule has 2 saturated carbocycles. The van der Waals surface area contributed by atoms with Gasteiger partial charge in [0, 0.05) is 0 Å². The summed E-state index contributed by atoms with van der Waals surface area (Å²) in [5.74, 6) is 0. The van der Waals surface area contributed by atoms with Crippen LogP contribution in [0.15, 0.2) is 0 Å². The Bertz CT molecular complexity index is 308. The fraction of sp³-hybridized carbons (Fsp3) is 1.00. The van der Waals surface area contributed by atoms with Gasteiger partial charge in [-0.25, -0.2) is 0 Å². The molecule has 2 fully saturated rings. The standard InChI is InChI=1S/C13H24P.2C4H9.Sb/c1-14(12-8-4-2-5-9-12)13-10-6-3-7-11-13;2*1-4(2)3;/h12-13H,1-11H2;2*1-3H3;. The number of hydrogen-bond donors (Lipinski definition) is 0. The Labute approximate surface area is 155 Å². The van der Waals surface area contributed by atoms with E-state index in [1.807, 2.05) is 0 Å². The Balaban J connectivity index is 2.17. The van der Waals surface area contributed by atoms with Gasteiger partial charge in [0.2, 0.25) is 0 Å². The van der Waals surface area contributed by atoms with Crippen LogP contribution in [0.3, 0.4) is 0 Å². The van der Waals surface area contributed by atoms with Gasteiger partial charge >= 0.3 is 156 Å². The van der Waals surface area contributed by atoms with Gasteiger partial charge < -0.3 is 0 Å². The van der Waals surface area contributed by atoms with Gasteiger partial charge in [-0.1, -0.05) is 0 Å². The van der Waals surface area contributed by atoms with Gasteiger partial charge in [0.15, 0.2) is 0 Å². The zero-order valence-electron chi connectivity index (χ0n) is 16.8. The van der Waals surface area contributed by atoms with Gasteiger partial charge in [-0.2, -0.15) is 0 Å². The van der Waals surface area contributed by atoms with Crippen LogP contribution in [0.4, 0.5) is 0 Å². The second-order valence-corrected chi connectivity index (χ2v) is 25.3. The summed E-state index contributed by atoms with van der Waals surface area (Å²) in [5.41, 5.74) is 2.30. The van der Waals surface area contributed by atoms with Gasteiger partial charge in [0.25, 0.3) is 0 Å². The van der Waals surface area contributed by atoms with Crippen molar-refractivity contribution in [3.63, 3.8) is 0 Å². The van der Waals surface area contributed by atoms with E-state index in [-0.39, 0.29) is 0 Å². The van der Waals surface area contributed by atoms with Crippen molar-refractivity contribution in [2.75, 3.05) is 4.11 Å². The molecule has 0 nitrogen and oxygen atoms in total. The van der Waals surface area contributed by atoms with E-state index in [1.165, 1.54) is 12.8 Å². The van der Waals surface area contributed by atoms with Gasteiger partial charge in [0.1, 0.15) is 0 Å². The summed E-state index contributed by atoms with van der Waals surface area (Å²) in [6.07, 6.45) is 15.6. The fourth-order valence-corrected chi connectivity index (χ4v) is 29.0. The normalized spacial score (nSPS) is 23.0. The van der Waals surface area contributed by atoms with Crippen LogP contribution in [-0.4, -0.2) is 35.6 Å². The summed E-state index contributed by atoms with van der Waals surface area (Å²) in [7, 11) is 0.317. The Morgan fingerprint density at radius 3 is 1.30 bits per heavy atom. The summed E-state index contributed by atoms with van der Waals surface area (Å²) < 4.78 is 3.00. The summed E-state index contributed by atoms with van der Waals surface area (Å²) in [6.45, 7) is 15.5. The third kappa shape index (κ3) is 6.17. The van der Waals surface area contributed by atoms with Crippen molar-refractivity contribution in [1.82, 2.24) is 0 Å². The molecule has 23 heavy (non-hydrogen) atoms. The minimum absolute atomic E-state index is 0.317. The Kier molecular flexibility index (Phi) is 7.83. The van der Waals surface area contributed by atoms with Crippen LogP contribution < -0.4 is 0 Å². The van der Waals surface area contributed by atoms with Crippen LogP contribution in [0.1, 0.15) is 106 Å². The van der Waals surface area contributed by atoms with Crippen molar-refractivity contribution in [2.45, 2.75) is 124 Å². The molecule has 2 rings (SSSR count). The first-order valence-corrected chi connectivity index (χ1v) is 16.3. The second-order valence-electron chi connectivity index (χ2n) is 10.0. The van der Waals surface area contributed by atoms with E-state index in [4.69, 9.17) is 0 Å². The van der Waals surface area contributed by atoms with Crippen LogP contribution in [0, 0.1) is 0 Å². The van der Waals surface area contributed by atoms with E-state index >= 15 is 0 Å². The van der Waals surface area contributed by atoms with Crippen molar-refractivity contribution in [3.05, 3.63) is 0 Å². The van der Waals surface area contributed by atoms with E-state index < -0.39 is 20.2 Å². The maximum absolute atomic E-state index is 2.58. The summed E-state index contributed by atoms with van der Waals surface area (Å²) in [5, 5.41) is 0. The van der Waals surface area contributed by atoms with E-state index in [2.05, 4.69) is 41.5 Å². The molecule has 2 heteroatoms. The SMILES string of the molecule is C[C](C)(C)[Sb]([CH2]P(C1CCCCC1)C1CCCCC1)[C](C)(C)C. The molecule has 0 aromatic heterocycles. The predicted octanol–water partition coefficient (Wildman–Crippen LogP) is 7.77. The molecule has 0 aliphatic heterocycles. The van der Waals surface area contributed by atoms with Crippen LogP contribution in [0.25, 0.3) is 0 Å². The summed E-state index contributed by atoms with van der Waals surface area (Å²) >= 11 is -1.31. The second kappa shape index (κ2) is 8.76. The quantitative estimate of drug-likeness (QED) is 0.305. The zero-order chi connectivity index (χ0) is 17.1. The van der Waals surface area contributed by atoms with Crippen molar-refractivity contribution in [1.29, 1.82) is 0 Å². The topological polar surface area (TPSA) is 0 Å². The molecule has 136 valence electrons. The predicted molar refractivity (Wildman–Crippen MR) is 111 cm³/mol. The Morgan fingerprint density at radius 1 is 0.652 bits per heavy atom. The van der Waals surface area contributed by atoms with Crippen molar-refractivity contribution >= 4 is 28.1 Å². The Morgan fingerprint density at radius 2 is 1.00 bits per heavy atom. The van der Waals surface area contributed by atoms with Crippen molar-refractivity contribution in [2.24, 2.45) is 0 Å². The molecule has 2 aliphatic rings. The first-order valence-electron chi connectivity index (χ1n) is 10.2. The molecular weight excluding hydrogens is 405 g/mol. The molecule has 0 amide bonds. The first kappa shape index (κ1) is 20.6. The molecule has 0 unspecified atom stereocenters. The third-order valence-electron chi connectivity index (χ3n) is 6.01.